The normalized spacial score (nSPS) is 9.83. The fourth-order valence-electron chi connectivity index (χ4n) is 0. The molecule has 1 radical (unpaired) electrons. The van der Waals surface area contributed by atoms with Crippen molar-refractivity contribution in [2.75, 3.05) is 0 Å². The van der Waals surface area contributed by atoms with Crippen LogP contribution < -0.4 is 8.19 Å². The first-order valence-corrected chi connectivity index (χ1v) is 3.89. The third-order valence-corrected chi connectivity index (χ3v) is 0. The molecule has 0 bridgehead atoms. The molecular formula is HAsMnO4. The largest absolute Gasteiger partial charge is 2.00 e. The van der Waals surface area contributed by atoms with Gasteiger partial charge in [-0.1, -0.05) is 0 Å². The Hall–Kier alpha value is 0.758. The van der Waals surface area contributed by atoms with Crippen molar-refractivity contribution < 1.29 is 33.1 Å². The number of hydrogen-bond donors (Lipinski definition) is 1. The summed E-state index contributed by atoms with van der Waals surface area (Å²) >= 11 is -5.62. The summed E-state index contributed by atoms with van der Waals surface area (Å²) in [6.07, 6.45) is 0. The van der Waals surface area contributed by atoms with Crippen LogP contribution in [-0.2, 0) is 20.8 Å². The van der Waals surface area contributed by atoms with Crippen molar-refractivity contribution >= 4 is 14.5 Å². The second-order valence-electron chi connectivity index (χ2n) is 0.469. The molecule has 0 fully saturated rings. The van der Waals surface area contributed by atoms with Gasteiger partial charge in [0.2, 0.25) is 0 Å². The van der Waals surface area contributed by atoms with E-state index in [9.17, 15) is 0 Å². The van der Waals surface area contributed by atoms with Gasteiger partial charge in [0, 0.05) is 0 Å². The third-order valence-electron chi connectivity index (χ3n) is 0. The Bertz CT molecular complexity index is 53.7. The SMILES string of the molecule is O=[As]([O-])([O-])O.[Mn+2]. The minimum absolute atomic E-state index is 0. The smallest absolute Gasteiger partial charge is 2.00 e. The molecule has 0 aromatic rings. The summed E-state index contributed by atoms with van der Waals surface area (Å²) in [5.74, 6) is 0. The Morgan fingerprint density at radius 1 is 1.50 bits per heavy atom. The molecule has 0 aliphatic carbocycles. The van der Waals surface area contributed by atoms with Gasteiger partial charge in [0.1, 0.15) is 0 Å². The van der Waals surface area contributed by atoms with Crippen molar-refractivity contribution in [2.24, 2.45) is 0 Å². The molecule has 0 aliphatic heterocycles. The Balaban J connectivity index is 0. The Morgan fingerprint density at radius 2 is 1.50 bits per heavy atom. The van der Waals surface area contributed by atoms with Gasteiger partial charge in [0.25, 0.3) is 0 Å². The van der Waals surface area contributed by atoms with E-state index in [1.807, 2.05) is 0 Å². The third kappa shape index (κ3) is 117. The fraction of sp³-hybridized carbons (Fsp3) is 0. The summed E-state index contributed by atoms with van der Waals surface area (Å²) in [5, 5.41) is 0. The van der Waals surface area contributed by atoms with Gasteiger partial charge in [-0.3, -0.25) is 0 Å². The second kappa shape index (κ2) is 2.85. The molecule has 0 spiro atoms. The van der Waals surface area contributed by atoms with E-state index in [2.05, 4.69) is 0 Å². The Labute approximate surface area is 48.0 Å². The molecule has 0 heterocycles. The van der Waals surface area contributed by atoms with Gasteiger partial charge in [-0.15, -0.1) is 0 Å². The van der Waals surface area contributed by atoms with Crippen LogP contribution in [0.15, 0.2) is 0 Å². The van der Waals surface area contributed by atoms with Crippen LogP contribution in [0.1, 0.15) is 0 Å². The second-order valence-corrected chi connectivity index (χ2v) is 2.43. The molecule has 0 atom stereocenters. The Morgan fingerprint density at radius 3 is 1.50 bits per heavy atom. The monoisotopic (exact) mass is 195 g/mol. The van der Waals surface area contributed by atoms with E-state index in [4.69, 9.17) is 16.0 Å². The first kappa shape index (κ1) is 9.90. The minimum atomic E-state index is -5.62. The van der Waals surface area contributed by atoms with Crippen LogP contribution in [0.4, 0.5) is 0 Å². The van der Waals surface area contributed by atoms with Gasteiger partial charge < -0.3 is 0 Å². The van der Waals surface area contributed by atoms with Crippen LogP contribution in [0.5, 0.6) is 0 Å². The van der Waals surface area contributed by atoms with Crippen molar-refractivity contribution in [3.63, 3.8) is 0 Å². The van der Waals surface area contributed by atoms with E-state index in [-0.39, 0.29) is 17.1 Å². The molecule has 0 aromatic carbocycles. The molecule has 0 unspecified atom stereocenters. The van der Waals surface area contributed by atoms with Gasteiger partial charge in [-0.25, -0.2) is 0 Å². The van der Waals surface area contributed by atoms with Crippen LogP contribution in [0.25, 0.3) is 0 Å². The fourth-order valence-corrected chi connectivity index (χ4v) is 0. The summed E-state index contributed by atoms with van der Waals surface area (Å²) in [6, 6.07) is 0. The molecule has 0 aliphatic rings. The summed E-state index contributed by atoms with van der Waals surface area (Å²) in [7, 11) is 0. The first-order chi connectivity index (χ1) is 2.00. The predicted octanol–water partition coefficient (Wildman–Crippen LogP) is -3.44. The van der Waals surface area contributed by atoms with E-state index in [0.29, 0.717) is 0 Å². The topological polar surface area (TPSA) is 83.4 Å². The zero-order valence-electron chi connectivity index (χ0n) is 2.50. The van der Waals surface area contributed by atoms with Crippen molar-refractivity contribution in [1.29, 1.82) is 0 Å². The van der Waals surface area contributed by atoms with Gasteiger partial charge in [0.05, 0.1) is 0 Å². The van der Waals surface area contributed by atoms with Gasteiger partial charge in [0.15, 0.2) is 0 Å². The van der Waals surface area contributed by atoms with Gasteiger partial charge >= 0.3 is 47.6 Å². The van der Waals surface area contributed by atoms with E-state index in [0.717, 1.165) is 0 Å². The number of hydrogen-bond acceptors (Lipinski definition) is 3. The van der Waals surface area contributed by atoms with Gasteiger partial charge in [-0.2, -0.15) is 0 Å². The van der Waals surface area contributed by atoms with Crippen LogP contribution in [0.2, 0.25) is 0 Å². The summed E-state index contributed by atoms with van der Waals surface area (Å²) < 4.78 is 33.2. The molecule has 6 heavy (non-hydrogen) atoms. The zero-order chi connectivity index (χ0) is 4.50. The van der Waals surface area contributed by atoms with Crippen molar-refractivity contribution in [2.45, 2.75) is 0 Å². The van der Waals surface area contributed by atoms with Crippen LogP contribution in [0.3, 0.4) is 0 Å². The van der Waals surface area contributed by atoms with Crippen molar-refractivity contribution in [3.05, 3.63) is 0 Å². The van der Waals surface area contributed by atoms with Crippen LogP contribution >= 0.6 is 0 Å². The van der Waals surface area contributed by atoms with E-state index in [1.165, 1.54) is 0 Å². The summed E-state index contributed by atoms with van der Waals surface area (Å²) in [6.45, 7) is 0. The first-order valence-electron chi connectivity index (χ1n) is 0.748. The van der Waals surface area contributed by atoms with Crippen LogP contribution in [-0.4, -0.2) is 18.6 Å². The molecule has 0 rings (SSSR count). The summed E-state index contributed by atoms with van der Waals surface area (Å²) in [5.41, 5.74) is 0. The van der Waals surface area contributed by atoms with Crippen molar-refractivity contribution in [1.82, 2.24) is 0 Å². The average molecular weight is 195 g/mol. The standard InChI is InChI=1S/AsH3O4.Mn/c2-1(3,4)5;/h(H3,2,3,4,5);/q;+2/p-2. The van der Waals surface area contributed by atoms with E-state index >= 15 is 0 Å². The maximum Gasteiger partial charge on any atom is 2.00 e. The molecule has 1 N–H and O–H groups in total. The molecule has 4 nitrogen and oxygen atoms in total. The maximum atomic E-state index is 8.72. The Kier molecular flexibility index (Phi) is 4.71. The van der Waals surface area contributed by atoms with Gasteiger partial charge in [-0.05, 0) is 0 Å². The minimum Gasteiger partial charge on any atom is 2.00 e. The molecule has 0 saturated heterocycles. The molecule has 6 heteroatoms. The van der Waals surface area contributed by atoms with E-state index < -0.39 is 14.5 Å². The van der Waals surface area contributed by atoms with E-state index in [1.54, 1.807) is 0 Å². The van der Waals surface area contributed by atoms with Crippen molar-refractivity contribution in [3.8, 4) is 0 Å². The van der Waals surface area contributed by atoms with Crippen LogP contribution in [0, 0.1) is 0 Å². The number of rotatable bonds is 0. The molecule has 0 amide bonds. The predicted molar refractivity (Wildman–Crippen MR) is 8.66 cm³/mol. The summed E-state index contributed by atoms with van der Waals surface area (Å²) in [4.78, 5) is 0. The quantitative estimate of drug-likeness (QED) is 0.407. The average Bonchev–Trinajstić information content (AvgIpc) is 0.722. The molecular weight excluding hydrogens is 194 g/mol. The molecule has 37 valence electrons. The maximum absolute atomic E-state index is 8.72. The zero-order valence-corrected chi connectivity index (χ0v) is 5.55. The molecule has 0 aromatic heterocycles. The molecule has 0 saturated carbocycles.